The molecule has 10 nitrogen and oxygen atoms in total. The van der Waals surface area contributed by atoms with Crippen LogP contribution in [-0.4, -0.2) is 82.6 Å². The topological polar surface area (TPSA) is 129 Å². The molecular formula is C14H19N3O7. The van der Waals surface area contributed by atoms with Gasteiger partial charge in [-0.15, -0.1) is 0 Å². The van der Waals surface area contributed by atoms with Gasteiger partial charge in [-0.2, -0.15) is 0 Å². The molecule has 3 heterocycles. The Morgan fingerprint density at radius 3 is 2.83 bits per heavy atom. The third-order valence-corrected chi connectivity index (χ3v) is 4.48. The third-order valence-electron chi connectivity index (χ3n) is 4.48. The minimum absolute atomic E-state index is 0.0190. The number of morpholine rings is 1. The van der Waals surface area contributed by atoms with Gasteiger partial charge in [0.15, 0.2) is 5.70 Å². The largest absolute Gasteiger partial charge is 0.501 e. The molecule has 2 saturated heterocycles. The van der Waals surface area contributed by atoms with Gasteiger partial charge in [-0.25, -0.2) is 14.5 Å². The molecule has 132 valence electrons. The molecule has 2 atom stereocenters. The van der Waals surface area contributed by atoms with Crippen molar-refractivity contribution in [3.63, 3.8) is 0 Å². The smallest absolute Gasteiger partial charge is 0.414 e. The van der Waals surface area contributed by atoms with Crippen LogP contribution in [0.2, 0.25) is 0 Å². The second-order valence-corrected chi connectivity index (χ2v) is 5.78. The minimum atomic E-state index is -1.47. The number of esters is 1. The fraction of sp³-hybridized carbons (Fsp3) is 0.643. The van der Waals surface area contributed by atoms with Crippen LogP contribution in [0, 0.1) is 0 Å². The number of nitrogens with one attached hydrogen (secondary N) is 1. The van der Waals surface area contributed by atoms with E-state index in [0.717, 1.165) is 0 Å². The van der Waals surface area contributed by atoms with E-state index in [-0.39, 0.29) is 19.8 Å². The first-order valence-electron chi connectivity index (χ1n) is 7.71. The summed E-state index contributed by atoms with van der Waals surface area (Å²) < 4.78 is 10.7. The van der Waals surface area contributed by atoms with Crippen molar-refractivity contribution in [1.82, 2.24) is 15.1 Å². The number of hydrogen-bond donors (Lipinski definition) is 3. The molecule has 10 heteroatoms. The SMILES string of the molecule is CCOC(=O)C1=C(O)C(=O)N2CCOC3(CCNC3)C2N1C(=O)O. The number of amides is 2. The zero-order valence-corrected chi connectivity index (χ0v) is 13.2. The third kappa shape index (κ3) is 2.29. The maximum atomic E-state index is 12.5. The Hall–Kier alpha value is -2.33. The molecule has 3 N–H and O–H groups in total. The molecule has 2 amide bonds. The van der Waals surface area contributed by atoms with Crippen LogP contribution < -0.4 is 5.32 Å². The number of aliphatic hydroxyl groups excluding tert-OH is 1. The Labute approximate surface area is 137 Å². The summed E-state index contributed by atoms with van der Waals surface area (Å²) in [5.74, 6) is -2.78. The van der Waals surface area contributed by atoms with Crippen LogP contribution in [0.5, 0.6) is 0 Å². The predicted molar refractivity (Wildman–Crippen MR) is 77.8 cm³/mol. The summed E-state index contributed by atoms with van der Waals surface area (Å²) in [7, 11) is 0. The van der Waals surface area contributed by atoms with Gasteiger partial charge < -0.3 is 29.9 Å². The Bertz CT molecular complexity index is 611. The van der Waals surface area contributed by atoms with Crippen LogP contribution in [0.4, 0.5) is 4.79 Å². The lowest BCUT2D eigenvalue weighted by atomic mass is 9.92. The van der Waals surface area contributed by atoms with Gasteiger partial charge in [0.25, 0.3) is 5.91 Å². The van der Waals surface area contributed by atoms with E-state index < -0.39 is 41.2 Å². The lowest BCUT2D eigenvalue weighted by Crippen LogP contribution is -2.71. The molecule has 2 fully saturated rings. The van der Waals surface area contributed by atoms with Crippen molar-refractivity contribution in [2.24, 2.45) is 0 Å². The zero-order valence-electron chi connectivity index (χ0n) is 13.2. The summed E-state index contributed by atoms with van der Waals surface area (Å²) in [5, 5.41) is 22.9. The van der Waals surface area contributed by atoms with Crippen LogP contribution in [0.15, 0.2) is 11.5 Å². The molecule has 2 unspecified atom stereocenters. The highest BCUT2D eigenvalue weighted by Crippen LogP contribution is 2.39. The molecule has 3 rings (SSSR count). The average molecular weight is 341 g/mol. The van der Waals surface area contributed by atoms with Crippen molar-refractivity contribution < 1.29 is 34.1 Å². The predicted octanol–water partition coefficient (Wildman–Crippen LogP) is -0.770. The van der Waals surface area contributed by atoms with Gasteiger partial charge in [-0.3, -0.25) is 4.79 Å². The molecule has 0 aromatic rings. The van der Waals surface area contributed by atoms with Crippen molar-refractivity contribution in [1.29, 1.82) is 0 Å². The summed E-state index contributed by atoms with van der Waals surface area (Å²) in [6.45, 7) is 2.80. The first-order valence-corrected chi connectivity index (χ1v) is 7.71. The maximum Gasteiger partial charge on any atom is 0.414 e. The van der Waals surface area contributed by atoms with E-state index in [1.165, 1.54) is 4.90 Å². The van der Waals surface area contributed by atoms with Gasteiger partial charge in [0.1, 0.15) is 11.8 Å². The van der Waals surface area contributed by atoms with E-state index in [1.807, 2.05) is 0 Å². The first kappa shape index (κ1) is 16.5. The van der Waals surface area contributed by atoms with Gasteiger partial charge in [0.2, 0.25) is 5.76 Å². The number of aliphatic hydroxyl groups is 1. The molecule has 0 bridgehead atoms. The highest BCUT2D eigenvalue weighted by Gasteiger charge is 2.58. The normalized spacial score (nSPS) is 29.9. The molecule has 3 aliphatic heterocycles. The summed E-state index contributed by atoms with van der Waals surface area (Å²) >= 11 is 0. The van der Waals surface area contributed by atoms with Crippen LogP contribution in [0.25, 0.3) is 0 Å². The summed E-state index contributed by atoms with van der Waals surface area (Å²) in [4.78, 5) is 38.5. The summed E-state index contributed by atoms with van der Waals surface area (Å²) in [6, 6.07) is 0. The number of carboxylic acid groups (broad SMARTS) is 1. The maximum absolute atomic E-state index is 12.5. The standard InChI is InChI=1S/C14H19N3O7/c1-2-23-11(20)8-9(18)10(19)16-5-6-24-14(3-4-15-7-14)12(16)17(8)13(21)22/h12,15,18H,2-7H2,1H3,(H,21,22). The number of hydrogen-bond acceptors (Lipinski definition) is 7. The van der Waals surface area contributed by atoms with Crippen LogP contribution >= 0.6 is 0 Å². The number of nitrogens with zero attached hydrogens (tertiary/aromatic N) is 2. The van der Waals surface area contributed by atoms with E-state index >= 15 is 0 Å². The van der Waals surface area contributed by atoms with E-state index in [9.17, 15) is 24.6 Å². The molecule has 0 aromatic carbocycles. The lowest BCUT2D eigenvalue weighted by Gasteiger charge is -2.52. The second kappa shape index (κ2) is 5.95. The van der Waals surface area contributed by atoms with E-state index in [1.54, 1.807) is 6.92 Å². The van der Waals surface area contributed by atoms with Crippen molar-refractivity contribution >= 4 is 18.0 Å². The van der Waals surface area contributed by atoms with Crippen molar-refractivity contribution in [2.75, 3.05) is 32.8 Å². The Morgan fingerprint density at radius 2 is 2.25 bits per heavy atom. The number of fused-ring (bicyclic) bond motifs is 2. The zero-order chi connectivity index (χ0) is 17.5. The highest BCUT2D eigenvalue weighted by molar-refractivity contribution is 6.04. The van der Waals surface area contributed by atoms with Crippen molar-refractivity contribution in [3.05, 3.63) is 11.5 Å². The lowest BCUT2D eigenvalue weighted by molar-refractivity contribution is -0.190. The number of carbonyl (C=O) groups excluding carboxylic acids is 2. The van der Waals surface area contributed by atoms with Crippen molar-refractivity contribution in [3.8, 4) is 0 Å². The number of ether oxygens (including phenoxy) is 2. The van der Waals surface area contributed by atoms with E-state index in [0.29, 0.717) is 24.4 Å². The summed E-state index contributed by atoms with van der Waals surface area (Å²) in [5.41, 5.74) is -1.63. The van der Waals surface area contributed by atoms with Crippen LogP contribution in [-0.2, 0) is 19.1 Å². The summed E-state index contributed by atoms with van der Waals surface area (Å²) in [6.07, 6.45) is -2.03. The minimum Gasteiger partial charge on any atom is -0.501 e. The van der Waals surface area contributed by atoms with Gasteiger partial charge >= 0.3 is 12.1 Å². The number of carbonyl (C=O) groups is 3. The van der Waals surface area contributed by atoms with E-state index in [4.69, 9.17) is 9.47 Å². The highest BCUT2D eigenvalue weighted by atomic mass is 16.5. The first-order chi connectivity index (χ1) is 11.4. The van der Waals surface area contributed by atoms with E-state index in [2.05, 4.69) is 5.32 Å². The van der Waals surface area contributed by atoms with Crippen LogP contribution in [0.3, 0.4) is 0 Å². The fourth-order valence-corrected chi connectivity index (χ4v) is 3.52. The average Bonchev–Trinajstić information content (AvgIpc) is 2.99. The molecule has 0 radical (unpaired) electrons. The molecule has 0 saturated carbocycles. The van der Waals surface area contributed by atoms with Gasteiger partial charge in [0, 0.05) is 13.1 Å². The molecule has 24 heavy (non-hydrogen) atoms. The van der Waals surface area contributed by atoms with Gasteiger partial charge in [0.05, 0.1) is 13.2 Å². The van der Waals surface area contributed by atoms with Crippen molar-refractivity contribution in [2.45, 2.75) is 25.1 Å². The quantitative estimate of drug-likeness (QED) is 0.559. The molecular weight excluding hydrogens is 322 g/mol. The van der Waals surface area contributed by atoms with Gasteiger partial charge in [-0.1, -0.05) is 0 Å². The Balaban J connectivity index is 2.13. The van der Waals surface area contributed by atoms with Gasteiger partial charge in [-0.05, 0) is 19.9 Å². The molecule has 3 aliphatic rings. The number of rotatable bonds is 2. The second-order valence-electron chi connectivity index (χ2n) is 5.78. The molecule has 0 aliphatic carbocycles. The molecule has 1 spiro atoms. The monoisotopic (exact) mass is 341 g/mol. The van der Waals surface area contributed by atoms with Crippen LogP contribution in [0.1, 0.15) is 13.3 Å². The fourth-order valence-electron chi connectivity index (χ4n) is 3.52. The Morgan fingerprint density at radius 1 is 1.50 bits per heavy atom. The molecule has 0 aromatic heterocycles. The Kier molecular flexibility index (Phi) is 4.10.